The molecule has 0 fully saturated rings. The highest BCUT2D eigenvalue weighted by molar-refractivity contribution is 7.92. The van der Waals surface area contributed by atoms with Crippen LogP contribution in [0, 0.1) is 6.92 Å². The molecule has 174 valence electrons. The number of aryl methyl sites for hydroxylation is 1. The van der Waals surface area contributed by atoms with Crippen LogP contribution >= 0.6 is 11.6 Å². The zero-order valence-corrected chi connectivity index (χ0v) is 19.8. The van der Waals surface area contributed by atoms with Gasteiger partial charge in [0.1, 0.15) is 5.76 Å². The first kappa shape index (κ1) is 23.5. The number of carbonyl (C=O) groups excluding carboxylic acids is 1. The Kier molecular flexibility index (Phi) is 7.00. The quantitative estimate of drug-likeness (QED) is 0.282. The standard InChI is InChI=1S/C25H22ClN3O4S/c1-17-15-25(28-33-17)29-34(31,32)22-13-11-21(12-14-22)27-23(18-5-3-2-4-6-18)16-24(30)19-7-9-20(26)10-8-19/h2-15,23,27H,16H2,1H3,(H,28,29). The van der Waals surface area contributed by atoms with Gasteiger partial charge in [-0.05, 0) is 61.0 Å². The predicted molar refractivity (Wildman–Crippen MR) is 132 cm³/mol. The van der Waals surface area contributed by atoms with Crippen LogP contribution in [0.2, 0.25) is 5.02 Å². The largest absolute Gasteiger partial charge is 0.378 e. The van der Waals surface area contributed by atoms with Gasteiger partial charge in [0.2, 0.25) is 0 Å². The molecule has 3 aromatic carbocycles. The van der Waals surface area contributed by atoms with Crippen molar-refractivity contribution in [2.24, 2.45) is 0 Å². The molecule has 0 aliphatic heterocycles. The van der Waals surface area contributed by atoms with E-state index in [1.54, 1.807) is 43.3 Å². The van der Waals surface area contributed by atoms with Crippen LogP contribution in [0.1, 0.15) is 34.1 Å². The normalized spacial score (nSPS) is 12.2. The Labute approximate surface area is 202 Å². The molecule has 0 saturated heterocycles. The van der Waals surface area contributed by atoms with E-state index in [4.69, 9.17) is 16.1 Å². The van der Waals surface area contributed by atoms with Crippen molar-refractivity contribution < 1.29 is 17.7 Å². The Bertz CT molecular complexity index is 1370. The van der Waals surface area contributed by atoms with Gasteiger partial charge in [0.05, 0.1) is 10.9 Å². The van der Waals surface area contributed by atoms with Crippen LogP contribution < -0.4 is 10.0 Å². The lowest BCUT2D eigenvalue weighted by atomic mass is 9.97. The van der Waals surface area contributed by atoms with Crippen molar-refractivity contribution in [3.8, 4) is 0 Å². The Morgan fingerprint density at radius 1 is 1.00 bits per heavy atom. The van der Waals surface area contributed by atoms with Crippen molar-refractivity contribution in [1.82, 2.24) is 5.16 Å². The molecule has 0 saturated carbocycles. The van der Waals surface area contributed by atoms with Gasteiger partial charge in [-0.1, -0.05) is 47.1 Å². The number of anilines is 2. The molecular formula is C25H22ClN3O4S. The Morgan fingerprint density at radius 2 is 1.68 bits per heavy atom. The molecule has 1 heterocycles. The lowest BCUT2D eigenvalue weighted by Crippen LogP contribution is -2.16. The predicted octanol–water partition coefficient (Wildman–Crippen LogP) is 5.86. The number of benzene rings is 3. The lowest BCUT2D eigenvalue weighted by Gasteiger charge is -2.20. The highest BCUT2D eigenvalue weighted by Gasteiger charge is 2.19. The number of Topliss-reactive ketones (excluding diaryl/α,β-unsaturated/α-hetero) is 1. The minimum Gasteiger partial charge on any atom is -0.378 e. The molecule has 0 radical (unpaired) electrons. The molecule has 0 bridgehead atoms. The molecule has 9 heteroatoms. The van der Waals surface area contributed by atoms with E-state index < -0.39 is 10.0 Å². The zero-order valence-electron chi connectivity index (χ0n) is 18.2. The summed E-state index contributed by atoms with van der Waals surface area (Å²) >= 11 is 5.94. The van der Waals surface area contributed by atoms with Gasteiger partial charge in [-0.15, -0.1) is 0 Å². The number of ketones is 1. The van der Waals surface area contributed by atoms with E-state index in [0.29, 0.717) is 22.0 Å². The molecule has 4 rings (SSSR count). The van der Waals surface area contributed by atoms with Gasteiger partial charge in [0, 0.05) is 28.8 Å². The van der Waals surface area contributed by atoms with Gasteiger partial charge in [-0.25, -0.2) is 8.42 Å². The fraction of sp³-hybridized carbons (Fsp3) is 0.120. The fourth-order valence-corrected chi connectivity index (χ4v) is 4.53. The molecule has 2 N–H and O–H groups in total. The highest BCUT2D eigenvalue weighted by atomic mass is 35.5. The summed E-state index contributed by atoms with van der Waals surface area (Å²) < 4.78 is 32.5. The van der Waals surface area contributed by atoms with Gasteiger partial charge in [0.25, 0.3) is 10.0 Å². The molecule has 1 unspecified atom stereocenters. The molecule has 1 atom stereocenters. The maximum absolute atomic E-state index is 12.9. The Morgan fingerprint density at radius 3 is 2.29 bits per heavy atom. The molecule has 0 spiro atoms. The Hall–Kier alpha value is -3.62. The molecule has 0 aliphatic rings. The van der Waals surface area contributed by atoms with E-state index in [2.05, 4.69) is 15.2 Å². The third-order valence-corrected chi connectivity index (χ3v) is 6.75. The van der Waals surface area contributed by atoms with Crippen LogP contribution in [0.4, 0.5) is 11.5 Å². The van der Waals surface area contributed by atoms with Gasteiger partial charge in [-0.2, -0.15) is 0 Å². The first-order chi connectivity index (χ1) is 16.3. The monoisotopic (exact) mass is 495 g/mol. The summed E-state index contributed by atoms with van der Waals surface area (Å²) in [6.45, 7) is 1.67. The van der Waals surface area contributed by atoms with Crippen molar-refractivity contribution >= 4 is 38.9 Å². The van der Waals surface area contributed by atoms with Crippen LogP contribution in [0.3, 0.4) is 0 Å². The van der Waals surface area contributed by atoms with Crippen LogP contribution in [-0.4, -0.2) is 19.4 Å². The van der Waals surface area contributed by atoms with Gasteiger partial charge >= 0.3 is 0 Å². The summed E-state index contributed by atoms with van der Waals surface area (Å²) in [4.78, 5) is 13.0. The van der Waals surface area contributed by atoms with E-state index in [-0.39, 0.29) is 29.0 Å². The van der Waals surface area contributed by atoms with Crippen molar-refractivity contribution in [2.75, 3.05) is 10.0 Å². The number of carbonyl (C=O) groups is 1. The van der Waals surface area contributed by atoms with Crippen LogP contribution in [0.25, 0.3) is 0 Å². The number of hydrogen-bond donors (Lipinski definition) is 2. The molecule has 1 aromatic heterocycles. The first-order valence-corrected chi connectivity index (χ1v) is 12.3. The topological polar surface area (TPSA) is 101 Å². The average Bonchev–Trinajstić information content (AvgIpc) is 3.23. The molecule has 0 aliphatic carbocycles. The van der Waals surface area contributed by atoms with Crippen molar-refractivity contribution in [1.29, 1.82) is 0 Å². The number of rotatable bonds is 9. The summed E-state index contributed by atoms with van der Waals surface area (Å²) in [5.41, 5.74) is 2.18. The first-order valence-electron chi connectivity index (χ1n) is 10.5. The third kappa shape index (κ3) is 5.84. The molecule has 7 nitrogen and oxygen atoms in total. The summed E-state index contributed by atoms with van der Waals surface area (Å²) in [5, 5.41) is 7.57. The van der Waals surface area contributed by atoms with E-state index >= 15 is 0 Å². The second-order valence-corrected chi connectivity index (χ2v) is 9.81. The van der Waals surface area contributed by atoms with E-state index in [1.165, 1.54) is 18.2 Å². The number of nitrogens with one attached hydrogen (secondary N) is 2. The molecule has 4 aromatic rings. The molecule has 34 heavy (non-hydrogen) atoms. The van der Waals surface area contributed by atoms with Crippen molar-refractivity contribution in [3.63, 3.8) is 0 Å². The summed E-state index contributed by atoms with van der Waals surface area (Å²) in [6, 6.07) is 23.9. The lowest BCUT2D eigenvalue weighted by molar-refractivity contribution is 0.0976. The fourth-order valence-electron chi connectivity index (χ4n) is 3.42. The van der Waals surface area contributed by atoms with Gasteiger partial charge in [-0.3, -0.25) is 9.52 Å². The summed E-state index contributed by atoms with van der Waals surface area (Å²) in [6.07, 6.45) is 0.207. The minimum atomic E-state index is -3.82. The SMILES string of the molecule is Cc1cc(NS(=O)(=O)c2ccc(NC(CC(=O)c3ccc(Cl)cc3)c3ccccc3)cc2)no1. The third-order valence-electron chi connectivity index (χ3n) is 5.13. The molecular weight excluding hydrogens is 474 g/mol. The van der Waals surface area contributed by atoms with E-state index in [0.717, 1.165) is 5.56 Å². The van der Waals surface area contributed by atoms with Gasteiger partial charge in [0.15, 0.2) is 11.6 Å². The number of nitrogens with zero attached hydrogens (tertiary/aromatic N) is 1. The second kappa shape index (κ2) is 10.1. The minimum absolute atomic E-state index is 0.0377. The van der Waals surface area contributed by atoms with Crippen LogP contribution in [-0.2, 0) is 10.0 Å². The van der Waals surface area contributed by atoms with Crippen molar-refractivity contribution in [3.05, 3.63) is 107 Å². The van der Waals surface area contributed by atoms with Crippen LogP contribution in [0.15, 0.2) is 94.3 Å². The van der Waals surface area contributed by atoms with E-state index in [1.807, 2.05) is 30.3 Å². The maximum atomic E-state index is 12.9. The smallest absolute Gasteiger partial charge is 0.263 e. The number of aromatic nitrogens is 1. The van der Waals surface area contributed by atoms with E-state index in [9.17, 15) is 13.2 Å². The highest BCUT2D eigenvalue weighted by Crippen LogP contribution is 2.26. The number of halogens is 1. The Balaban J connectivity index is 1.52. The van der Waals surface area contributed by atoms with Crippen LogP contribution in [0.5, 0.6) is 0 Å². The van der Waals surface area contributed by atoms with Crippen molar-refractivity contribution in [2.45, 2.75) is 24.3 Å². The number of sulfonamides is 1. The number of hydrogen-bond acceptors (Lipinski definition) is 6. The second-order valence-electron chi connectivity index (χ2n) is 7.69. The maximum Gasteiger partial charge on any atom is 0.263 e. The van der Waals surface area contributed by atoms with Gasteiger partial charge < -0.3 is 9.84 Å². The summed E-state index contributed by atoms with van der Waals surface area (Å²) in [7, 11) is -3.82. The average molecular weight is 496 g/mol. The summed E-state index contributed by atoms with van der Waals surface area (Å²) in [5.74, 6) is 0.575. The zero-order chi connectivity index (χ0) is 24.1. The molecule has 0 amide bonds.